The Morgan fingerprint density at radius 1 is 1.62 bits per heavy atom. The van der Waals surface area contributed by atoms with E-state index in [2.05, 4.69) is 0 Å². The van der Waals surface area contributed by atoms with Gasteiger partial charge in [-0.15, -0.1) is 11.6 Å². The van der Waals surface area contributed by atoms with Gasteiger partial charge in [0.15, 0.2) is 0 Å². The van der Waals surface area contributed by atoms with Crippen LogP contribution in [0.15, 0.2) is 0 Å². The molecule has 0 aliphatic rings. The van der Waals surface area contributed by atoms with Crippen molar-refractivity contribution < 1.29 is 4.39 Å². The van der Waals surface area contributed by atoms with Gasteiger partial charge in [0.1, 0.15) is 0 Å². The lowest BCUT2D eigenvalue weighted by Gasteiger charge is -1.99. The third kappa shape index (κ3) is 4.38. The van der Waals surface area contributed by atoms with Crippen molar-refractivity contribution in [2.45, 2.75) is 32.4 Å². The number of hydrogen-bond donors (Lipinski definition) is 0. The minimum absolute atomic E-state index is 0.584. The molecule has 0 heterocycles. The second kappa shape index (κ2) is 5.36. The Hall–Kier alpha value is 0.220. The Kier molecular flexibility index (Phi) is 5.51. The van der Waals surface area contributed by atoms with E-state index in [1.54, 1.807) is 0 Å². The van der Waals surface area contributed by atoms with Gasteiger partial charge in [-0.3, -0.25) is 0 Å². The third-order valence-electron chi connectivity index (χ3n) is 1.09. The SMILES string of the molecule is CCC(F)CCCCl. The normalized spacial score (nSPS) is 13.9. The van der Waals surface area contributed by atoms with Crippen LogP contribution in [-0.4, -0.2) is 12.1 Å². The van der Waals surface area contributed by atoms with Crippen LogP contribution in [0.25, 0.3) is 0 Å². The van der Waals surface area contributed by atoms with E-state index in [4.69, 9.17) is 11.6 Å². The molecule has 0 bridgehead atoms. The minimum atomic E-state index is -0.631. The number of halogens is 2. The summed E-state index contributed by atoms with van der Waals surface area (Å²) in [7, 11) is 0. The quantitative estimate of drug-likeness (QED) is 0.524. The molecule has 0 rings (SSSR count). The zero-order valence-electron chi connectivity index (χ0n) is 5.16. The smallest absolute Gasteiger partial charge is 0.0999 e. The van der Waals surface area contributed by atoms with Gasteiger partial charge in [0.25, 0.3) is 0 Å². The van der Waals surface area contributed by atoms with Crippen molar-refractivity contribution in [3.05, 3.63) is 0 Å². The van der Waals surface area contributed by atoms with E-state index in [0.29, 0.717) is 18.7 Å². The van der Waals surface area contributed by atoms with Gasteiger partial charge in [-0.25, -0.2) is 4.39 Å². The first-order valence-electron chi connectivity index (χ1n) is 3.01. The lowest BCUT2D eigenvalue weighted by molar-refractivity contribution is 0.304. The fraction of sp³-hybridized carbons (Fsp3) is 1.00. The highest BCUT2D eigenvalue weighted by Crippen LogP contribution is 2.05. The first-order chi connectivity index (χ1) is 3.81. The highest BCUT2D eigenvalue weighted by Gasteiger charge is 1.99. The molecule has 1 atom stereocenters. The lowest BCUT2D eigenvalue weighted by Crippen LogP contribution is -1.96. The van der Waals surface area contributed by atoms with E-state index in [9.17, 15) is 4.39 Å². The molecule has 0 aromatic rings. The molecular formula is C6H12ClF. The molecule has 8 heavy (non-hydrogen) atoms. The monoisotopic (exact) mass is 138 g/mol. The maximum Gasteiger partial charge on any atom is 0.0999 e. The van der Waals surface area contributed by atoms with Crippen LogP contribution in [0.1, 0.15) is 26.2 Å². The van der Waals surface area contributed by atoms with Crippen LogP contribution >= 0.6 is 11.6 Å². The maximum atomic E-state index is 12.3. The molecule has 0 radical (unpaired) electrons. The summed E-state index contributed by atoms with van der Waals surface area (Å²) in [6.07, 6.45) is 1.42. The number of alkyl halides is 2. The molecule has 0 aromatic heterocycles. The van der Waals surface area contributed by atoms with Crippen molar-refractivity contribution in [3.8, 4) is 0 Å². The zero-order valence-corrected chi connectivity index (χ0v) is 5.92. The van der Waals surface area contributed by atoms with Crippen LogP contribution in [0, 0.1) is 0 Å². The van der Waals surface area contributed by atoms with Crippen molar-refractivity contribution in [3.63, 3.8) is 0 Å². The van der Waals surface area contributed by atoms with E-state index in [0.717, 1.165) is 6.42 Å². The molecule has 0 saturated heterocycles. The second-order valence-corrected chi connectivity index (χ2v) is 2.21. The average Bonchev–Trinajstić information content (AvgIpc) is 1.83. The predicted octanol–water partition coefficient (Wildman–Crippen LogP) is 2.75. The van der Waals surface area contributed by atoms with Gasteiger partial charge in [0.2, 0.25) is 0 Å². The summed E-state index contributed by atoms with van der Waals surface area (Å²) in [5.74, 6) is 0.584. The summed E-state index contributed by atoms with van der Waals surface area (Å²) in [5.41, 5.74) is 0. The average molecular weight is 139 g/mol. The summed E-state index contributed by atoms with van der Waals surface area (Å²) in [6, 6.07) is 0. The molecule has 0 aliphatic heterocycles. The van der Waals surface area contributed by atoms with Crippen LogP contribution in [-0.2, 0) is 0 Å². The summed E-state index contributed by atoms with van der Waals surface area (Å²) in [4.78, 5) is 0. The highest BCUT2D eigenvalue weighted by atomic mass is 35.5. The predicted molar refractivity (Wildman–Crippen MR) is 35.1 cm³/mol. The third-order valence-corrected chi connectivity index (χ3v) is 1.36. The van der Waals surface area contributed by atoms with E-state index in [1.807, 2.05) is 6.92 Å². The Morgan fingerprint density at radius 3 is 2.62 bits per heavy atom. The number of rotatable bonds is 4. The topological polar surface area (TPSA) is 0 Å². The van der Waals surface area contributed by atoms with Gasteiger partial charge >= 0.3 is 0 Å². The van der Waals surface area contributed by atoms with Gasteiger partial charge in [0.05, 0.1) is 6.17 Å². The van der Waals surface area contributed by atoms with Gasteiger partial charge in [-0.1, -0.05) is 6.92 Å². The molecule has 0 fully saturated rings. The van der Waals surface area contributed by atoms with Gasteiger partial charge < -0.3 is 0 Å². The molecule has 0 saturated carbocycles. The fourth-order valence-corrected chi connectivity index (χ4v) is 0.657. The lowest BCUT2D eigenvalue weighted by atomic mass is 10.2. The van der Waals surface area contributed by atoms with Crippen LogP contribution < -0.4 is 0 Å². The van der Waals surface area contributed by atoms with E-state index in [1.165, 1.54) is 0 Å². The molecule has 0 spiro atoms. The molecule has 0 aliphatic carbocycles. The van der Waals surface area contributed by atoms with Crippen molar-refractivity contribution in [2.24, 2.45) is 0 Å². The Labute approximate surface area is 55.0 Å². The highest BCUT2D eigenvalue weighted by molar-refractivity contribution is 6.17. The summed E-state index contributed by atoms with van der Waals surface area (Å²) in [5, 5.41) is 0. The van der Waals surface area contributed by atoms with Crippen molar-refractivity contribution in [1.29, 1.82) is 0 Å². The summed E-state index contributed by atoms with van der Waals surface area (Å²) in [6.45, 7) is 1.85. The van der Waals surface area contributed by atoms with Gasteiger partial charge in [0, 0.05) is 5.88 Å². The summed E-state index contributed by atoms with van der Waals surface area (Å²) < 4.78 is 12.3. The van der Waals surface area contributed by atoms with E-state index < -0.39 is 6.17 Å². The molecule has 0 amide bonds. The fourth-order valence-electron chi connectivity index (χ4n) is 0.503. The molecule has 0 N–H and O–H groups in total. The molecule has 0 aromatic carbocycles. The minimum Gasteiger partial charge on any atom is -0.248 e. The Bertz CT molecular complexity index is 47.8. The van der Waals surface area contributed by atoms with E-state index >= 15 is 0 Å². The molecule has 50 valence electrons. The van der Waals surface area contributed by atoms with Crippen LogP contribution in [0.3, 0.4) is 0 Å². The van der Waals surface area contributed by atoms with Gasteiger partial charge in [-0.05, 0) is 19.3 Å². The first kappa shape index (κ1) is 8.22. The largest absolute Gasteiger partial charge is 0.248 e. The summed E-state index contributed by atoms with van der Waals surface area (Å²) >= 11 is 5.34. The van der Waals surface area contributed by atoms with Crippen LogP contribution in [0.2, 0.25) is 0 Å². The standard InChI is InChI=1S/C6H12ClF/c1-2-6(8)4-3-5-7/h6H,2-5H2,1H3. The molecular weight excluding hydrogens is 127 g/mol. The second-order valence-electron chi connectivity index (χ2n) is 1.84. The van der Waals surface area contributed by atoms with Crippen molar-refractivity contribution in [1.82, 2.24) is 0 Å². The Balaban J connectivity index is 2.86. The van der Waals surface area contributed by atoms with Crippen LogP contribution in [0.5, 0.6) is 0 Å². The molecule has 1 unspecified atom stereocenters. The van der Waals surface area contributed by atoms with Crippen molar-refractivity contribution >= 4 is 11.6 Å². The maximum absolute atomic E-state index is 12.3. The number of hydrogen-bond acceptors (Lipinski definition) is 0. The molecule has 2 heteroatoms. The Morgan fingerprint density at radius 2 is 2.25 bits per heavy atom. The first-order valence-corrected chi connectivity index (χ1v) is 3.54. The van der Waals surface area contributed by atoms with E-state index in [-0.39, 0.29) is 0 Å². The van der Waals surface area contributed by atoms with Crippen LogP contribution in [0.4, 0.5) is 4.39 Å². The molecule has 0 nitrogen and oxygen atoms in total. The van der Waals surface area contributed by atoms with Crippen molar-refractivity contribution in [2.75, 3.05) is 5.88 Å². The van der Waals surface area contributed by atoms with Gasteiger partial charge in [-0.2, -0.15) is 0 Å². The zero-order chi connectivity index (χ0) is 6.41.